The molecule has 13 rings (SSSR count). The summed E-state index contributed by atoms with van der Waals surface area (Å²) in [5, 5.41) is 3.43. The minimum atomic E-state index is -0.629. The predicted octanol–water partition coefficient (Wildman–Crippen LogP) is 14.4. The van der Waals surface area contributed by atoms with Gasteiger partial charge in [0, 0.05) is 44.2 Å². The van der Waals surface area contributed by atoms with Gasteiger partial charge in [0.1, 0.15) is 11.5 Å². The number of fused-ring (bicyclic) bond motifs is 12. The maximum atomic E-state index is 6.71. The molecule has 0 unspecified atom stereocenters. The number of para-hydroxylation sites is 3. The van der Waals surface area contributed by atoms with Gasteiger partial charge in [0.15, 0.2) is 17.5 Å². The first-order valence-electron chi connectivity index (χ1n) is 21.6. The molecule has 64 heavy (non-hydrogen) atoms. The topological polar surface area (TPSA) is 60.8 Å². The molecule has 9 aromatic carbocycles. The van der Waals surface area contributed by atoms with E-state index < -0.39 is 5.41 Å². The Morgan fingerprint density at radius 1 is 0.297 bits per heavy atom. The van der Waals surface area contributed by atoms with E-state index in [1.807, 2.05) is 60.7 Å². The van der Waals surface area contributed by atoms with Crippen molar-refractivity contribution in [3.05, 3.63) is 241 Å². The van der Waals surface area contributed by atoms with E-state index in [9.17, 15) is 0 Å². The molecule has 2 aromatic heterocycles. The number of benzene rings is 9. The summed E-state index contributed by atoms with van der Waals surface area (Å²) < 4.78 is 6.71. The molecule has 5 heteroatoms. The van der Waals surface area contributed by atoms with Crippen LogP contribution in [0.5, 0.6) is 11.5 Å². The molecule has 0 fully saturated rings. The molecule has 1 spiro atoms. The van der Waals surface area contributed by atoms with Gasteiger partial charge in [-0.3, -0.25) is 0 Å². The third kappa shape index (κ3) is 5.51. The lowest BCUT2D eigenvalue weighted by Crippen LogP contribution is -2.32. The molecule has 1 aliphatic heterocycles. The molecule has 298 valence electrons. The van der Waals surface area contributed by atoms with Crippen molar-refractivity contribution in [2.45, 2.75) is 5.41 Å². The van der Waals surface area contributed by atoms with E-state index in [0.29, 0.717) is 17.5 Å². The number of nitrogens with zero attached hydrogens (tertiary/aromatic N) is 4. The molecule has 0 saturated carbocycles. The van der Waals surface area contributed by atoms with E-state index in [0.717, 1.165) is 78.0 Å². The summed E-state index contributed by atoms with van der Waals surface area (Å²) in [7, 11) is 0. The van der Waals surface area contributed by atoms with Crippen LogP contribution in [0.25, 0.3) is 89.4 Å². The van der Waals surface area contributed by atoms with Crippen molar-refractivity contribution < 1.29 is 4.74 Å². The monoisotopic (exact) mass is 816 g/mol. The summed E-state index contributed by atoms with van der Waals surface area (Å²) in [6.45, 7) is 0. The van der Waals surface area contributed by atoms with E-state index >= 15 is 0 Å². The minimum absolute atomic E-state index is 0.628. The van der Waals surface area contributed by atoms with Crippen LogP contribution in [-0.4, -0.2) is 19.9 Å². The molecule has 2 aliphatic rings. The third-order valence-corrected chi connectivity index (χ3v) is 13.0. The molecule has 11 aromatic rings. The smallest absolute Gasteiger partial charge is 0.164 e. The second-order valence-electron chi connectivity index (χ2n) is 16.5. The summed E-state index contributed by atoms with van der Waals surface area (Å²) >= 11 is 0. The zero-order valence-corrected chi connectivity index (χ0v) is 34.5. The average Bonchev–Trinajstić information content (AvgIpc) is 3.65. The van der Waals surface area contributed by atoms with Gasteiger partial charge in [-0.05, 0) is 75.2 Å². The molecule has 0 atom stereocenters. The Morgan fingerprint density at radius 3 is 1.41 bits per heavy atom. The Hall–Kier alpha value is -8.54. The molecular formula is C59H36N4O. The zero-order valence-electron chi connectivity index (χ0n) is 34.5. The van der Waals surface area contributed by atoms with Gasteiger partial charge in [0.05, 0.1) is 16.6 Å². The minimum Gasteiger partial charge on any atom is -0.457 e. The van der Waals surface area contributed by atoms with Crippen molar-refractivity contribution in [3.63, 3.8) is 0 Å². The predicted molar refractivity (Wildman–Crippen MR) is 257 cm³/mol. The van der Waals surface area contributed by atoms with Gasteiger partial charge < -0.3 is 4.74 Å². The Morgan fingerprint density at radius 2 is 0.781 bits per heavy atom. The van der Waals surface area contributed by atoms with E-state index in [1.165, 1.54) is 27.6 Å². The fourth-order valence-corrected chi connectivity index (χ4v) is 10.1. The largest absolute Gasteiger partial charge is 0.457 e. The highest BCUT2D eigenvalue weighted by molar-refractivity contribution is 6.13. The highest BCUT2D eigenvalue weighted by Crippen LogP contribution is 2.63. The number of hydrogen-bond donors (Lipinski definition) is 0. The Balaban J connectivity index is 1.02. The van der Waals surface area contributed by atoms with Crippen LogP contribution in [-0.2, 0) is 5.41 Å². The summed E-state index contributed by atoms with van der Waals surface area (Å²) in [5.74, 6) is 3.65. The molecule has 0 saturated heterocycles. The first-order chi connectivity index (χ1) is 31.7. The first-order valence-corrected chi connectivity index (χ1v) is 21.6. The fraction of sp³-hybridized carbons (Fsp3) is 0.0169. The Bertz CT molecular complexity index is 3520. The lowest BCUT2D eigenvalue weighted by molar-refractivity contribution is 0.436. The maximum absolute atomic E-state index is 6.71. The molecule has 3 heterocycles. The molecule has 0 radical (unpaired) electrons. The number of hydrogen-bond acceptors (Lipinski definition) is 5. The summed E-state index contributed by atoms with van der Waals surface area (Å²) in [5.41, 5.74) is 14.5. The lowest BCUT2D eigenvalue weighted by Gasteiger charge is -2.39. The molecule has 5 nitrogen and oxygen atoms in total. The maximum Gasteiger partial charge on any atom is 0.164 e. The van der Waals surface area contributed by atoms with Crippen molar-refractivity contribution in [2.75, 3.05) is 0 Å². The highest BCUT2D eigenvalue weighted by Gasteiger charge is 2.51. The van der Waals surface area contributed by atoms with Crippen molar-refractivity contribution >= 4 is 21.7 Å². The van der Waals surface area contributed by atoms with Crippen LogP contribution in [0.4, 0.5) is 0 Å². The summed E-state index contributed by atoms with van der Waals surface area (Å²) in [6.07, 6.45) is 0. The Labute approximate surface area is 370 Å². The van der Waals surface area contributed by atoms with Gasteiger partial charge in [-0.1, -0.05) is 182 Å². The Kier molecular flexibility index (Phi) is 8.06. The second kappa shape index (κ2) is 14.3. The van der Waals surface area contributed by atoms with Crippen molar-refractivity contribution in [1.82, 2.24) is 19.9 Å². The molecule has 0 amide bonds. The van der Waals surface area contributed by atoms with Crippen LogP contribution in [0.15, 0.2) is 218 Å². The number of ether oxygens (including phenoxy) is 1. The highest BCUT2D eigenvalue weighted by atomic mass is 16.5. The van der Waals surface area contributed by atoms with Crippen LogP contribution < -0.4 is 4.74 Å². The number of aromatic nitrogens is 4. The van der Waals surface area contributed by atoms with Crippen LogP contribution >= 0.6 is 0 Å². The van der Waals surface area contributed by atoms with Crippen molar-refractivity contribution in [3.8, 4) is 79.2 Å². The SMILES string of the molecule is c1ccc(-c2nc(-c3ccccc3)nc(-c3ccc(-c4ccc5c(c4)-c4cc6c(-c7ccccc7)nc7ccccc7c6cc4C54c5ccccc5Oc5ccccc54)cc3)n2)cc1. The lowest BCUT2D eigenvalue weighted by atomic mass is 9.66. The van der Waals surface area contributed by atoms with Gasteiger partial charge in [-0.25, -0.2) is 19.9 Å². The van der Waals surface area contributed by atoms with Gasteiger partial charge in [-0.15, -0.1) is 0 Å². The molecule has 0 bridgehead atoms. The van der Waals surface area contributed by atoms with Crippen molar-refractivity contribution in [2.24, 2.45) is 0 Å². The first kappa shape index (κ1) is 36.1. The average molecular weight is 817 g/mol. The zero-order chi connectivity index (χ0) is 42.2. The van der Waals surface area contributed by atoms with Crippen LogP contribution in [0.1, 0.15) is 22.3 Å². The quantitative estimate of drug-likeness (QED) is 0.162. The molecule has 0 N–H and O–H groups in total. The summed E-state index contributed by atoms with van der Waals surface area (Å²) in [6, 6.07) is 76.9. The van der Waals surface area contributed by atoms with E-state index in [-0.39, 0.29) is 0 Å². The number of rotatable bonds is 5. The van der Waals surface area contributed by atoms with Crippen LogP contribution in [0.3, 0.4) is 0 Å². The van der Waals surface area contributed by atoms with Gasteiger partial charge in [0.25, 0.3) is 0 Å². The van der Waals surface area contributed by atoms with Crippen LogP contribution in [0, 0.1) is 0 Å². The normalized spacial score (nSPS) is 12.9. The summed E-state index contributed by atoms with van der Waals surface area (Å²) in [4.78, 5) is 20.2. The van der Waals surface area contributed by atoms with E-state index in [2.05, 4.69) is 158 Å². The third-order valence-electron chi connectivity index (χ3n) is 13.0. The molecule has 1 aliphatic carbocycles. The van der Waals surface area contributed by atoms with Gasteiger partial charge in [-0.2, -0.15) is 0 Å². The number of pyridine rings is 1. The fourth-order valence-electron chi connectivity index (χ4n) is 10.1. The second-order valence-corrected chi connectivity index (χ2v) is 16.5. The van der Waals surface area contributed by atoms with Gasteiger partial charge in [0.2, 0.25) is 0 Å². The van der Waals surface area contributed by atoms with E-state index in [1.54, 1.807) is 0 Å². The van der Waals surface area contributed by atoms with Crippen LogP contribution in [0.2, 0.25) is 0 Å². The van der Waals surface area contributed by atoms with Crippen molar-refractivity contribution in [1.29, 1.82) is 0 Å². The van der Waals surface area contributed by atoms with Gasteiger partial charge >= 0.3 is 0 Å². The molecular weight excluding hydrogens is 781 g/mol. The standard InChI is InChI=1S/C59H36N4O/c1-4-16-38(17-5-1)55-47-35-46-45-34-42(37-28-30-41(31-29-37)58-62-56(39-18-6-2-7-19-39)61-57(63-58)40-20-8-3-9-21-40)32-33-48(45)59(51(46)36-44(47)43-22-10-13-25-52(43)60-55)49-23-11-14-26-53(49)64-54-27-15-12-24-50(54)59/h1-36H. The van der Waals surface area contributed by atoms with E-state index in [4.69, 9.17) is 24.7 Å².